The molecule has 1 aliphatic rings. The Morgan fingerprint density at radius 1 is 1.29 bits per heavy atom. The molecular formula is C18H29NO2. The maximum Gasteiger partial charge on any atom is 0.124 e. The zero-order valence-corrected chi connectivity index (χ0v) is 13.6. The molecule has 0 radical (unpaired) electrons. The third kappa shape index (κ3) is 4.45. The quantitative estimate of drug-likeness (QED) is 0.812. The molecule has 1 fully saturated rings. The Labute approximate surface area is 128 Å². The van der Waals surface area contributed by atoms with E-state index in [9.17, 15) is 5.11 Å². The van der Waals surface area contributed by atoms with E-state index < -0.39 is 0 Å². The molecule has 3 heteroatoms. The fourth-order valence-electron chi connectivity index (χ4n) is 3.07. The van der Waals surface area contributed by atoms with Crippen LogP contribution in [0.5, 0.6) is 5.75 Å². The van der Waals surface area contributed by atoms with Gasteiger partial charge in [0.25, 0.3) is 0 Å². The highest BCUT2D eigenvalue weighted by atomic mass is 16.5. The van der Waals surface area contributed by atoms with E-state index in [4.69, 9.17) is 4.74 Å². The lowest BCUT2D eigenvalue weighted by Crippen LogP contribution is -2.31. The summed E-state index contributed by atoms with van der Waals surface area (Å²) in [6.07, 6.45) is 4.85. The van der Waals surface area contributed by atoms with Crippen molar-refractivity contribution in [2.45, 2.75) is 71.1 Å². The Morgan fingerprint density at radius 2 is 2.05 bits per heavy atom. The van der Waals surface area contributed by atoms with Crippen molar-refractivity contribution in [2.24, 2.45) is 0 Å². The average molecular weight is 291 g/mol. The van der Waals surface area contributed by atoms with Gasteiger partial charge in [0.05, 0.1) is 6.10 Å². The van der Waals surface area contributed by atoms with E-state index in [-0.39, 0.29) is 18.2 Å². The predicted octanol–water partition coefficient (Wildman–Crippen LogP) is 3.74. The van der Waals surface area contributed by atoms with Crippen LogP contribution in [0.3, 0.4) is 0 Å². The van der Waals surface area contributed by atoms with E-state index >= 15 is 0 Å². The molecule has 2 rings (SSSR count). The summed E-state index contributed by atoms with van der Waals surface area (Å²) in [6, 6.07) is 6.62. The molecule has 3 nitrogen and oxygen atoms in total. The highest BCUT2D eigenvalue weighted by molar-refractivity contribution is 5.39. The normalized spacial score (nSPS) is 24.4. The zero-order chi connectivity index (χ0) is 15.2. The highest BCUT2D eigenvalue weighted by Gasteiger charge is 2.24. The van der Waals surface area contributed by atoms with E-state index in [0.29, 0.717) is 0 Å². The maximum absolute atomic E-state index is 10.3. The molecule has 0 saturated heterocycles. The lowest BCUT2D eigenvalue weighted by atomic mass is 10.0. The number of aliphatic hydroxyl groups excluding tert-OH is 1. The smallest absolute Gasteiger partial charge is 0.124 e. The average Bonchev–Trinajstić information content (AvgIpc) is 2.64. The number of nitrogens with one attached hydrogen (secondary N) is 1. The molecule has 21 heavy (non-hydrogen) atoms. The first-order chi connectivity index (χ1) is 10.1. The Balaban J connectivity index is 2.18. The summed E-state index contributed by atoms with van der Waals surface area (Å²) in [6.45, 7) is 7.28. The number of hydrogen-bond donors (Lipinski definition) is 2. The van der Waals surface area contributed by atoms with Gasteiger partial charge in [-0.05, 0) is 51.3 Å². The Hall–Kier alpha value is -1.06. The fraction of sp³-hybridized carbons (Fsp3) is 0.667. The van der Waals surface area contributed by atoms with Crippen LogP contribution in [0, 0.1) is 6.92 Å². The highest BCUT2D eigenvalue weighted by Crippen LogP contribution is 2.30. The molecule has 118 valence electrons. The van der Waals surface area contributed by atoms with Gasteiger partial charge in [0.2, 0.25) is 0 Å². The molecule has 3 unspecified atom stereocenters. The first-order valence-corrected chi connectivity index (χ1v) is 8.30. The van der Waals surface area contributed by atoms with Gasteiger partial charge in [0.1, 0.15) is 11.9 Å². The number of aryl methyl sites for hydroxylation is 1. The zero-order valence-electron chi connectivity index (χ0n) is 13.6. The van der Waals surface area contributed by atoms with Crippen LogP contribution in [0.25, 0.3) is 0 Å². The molecule has 1 aromatic carbocycles. The van der Waals surface area contributed by atoms with Crippen molar-refractivity contribution in [3.63, 3.8) is 0 Å². The van der Waals surface area contributed by atoms with Gasteiger partial charge in [-0.1, -0.05) is 31.9 Å². The van der Waals surface area contributed by atoms with Crippen LogP contribution in [0.1, 0.15) is 63.1 Å². The van der Waals surface area contributed by atoms with Gasteiger partial charge < -0.3 is 15.2 Å². The number of benzene rings is 1. The van der Waals surface area contributed by atoms with Crippen molar-refractivity contribution in [3.8, 4) is 5.75 Å². The van der Waals surface area contributed by atoms with Crippen LogP contribution in [-0.4, -0.2) is 23.9 Å². The van der Waals surface area contributed by atoms with Crippen LogP contribution >= 0.6 is 0 Å². The first kappa shape index (κ1) is 16.3. The van der Waals surface area contributed by atoms with Crippen molar-refractivity contribution < 1.29 is 9.84 Å². The third-order valence-corrected chi connectivity index (χ3v) is 4.34. The standard InChI is InChI=1S/C18H29NO2/c1-4-19-14(3)15-11-10-13(2)12-18(15)21-17-9-7-5-6-8-16(17)20/h10-12,14,16-17,19-20H,4-9H2,1-3H3. The summed E-state index contributed by atoms with van der Waals surface area (Å²) >= 11 is 0. The molecule has 3 atom stereocenters. The van der Waals surface area contributed by atoms with Crippen molar-refractivity contribution in [3.05, 3.63) is 29.3 Å². The molecule has 0 bridgehead atoms. The van der Waals surface area contributed by atoms with Gasteiger partial charge >= 0.3 is 0 Å². The van der Waals surface area contributed by atoms with Gasteiger partial charge in [-0.3, -0.25) is 0 Å². The Kier molecular flexibility index (Phi) is 6.07. The molecule has 1 aromatic rings. The molecule has 1 saturated carbocycles. The minimum Gasteiger partial charge on any atom is -0.487 e. The van der Waals surface area contributed by atoms with Gasteiger partial charge in [-0.2, -0.15) is 0 Å². The topological polar surface area (TPSA) is 41.5 Å². The third-order valence-electron chi connectivity index (χ3n) is 4.34. The van der Waals surface area contributed by atoms with Crippen molar-refractivity contribution in [2.75, 3.05) is 6.54 Å². The molecular weight excluding hydrogens is 262 g/mol. The second-order valence-electron chi connectivity index (χ2n) is 6.18. The lowest BCUT2D eigenvalue weighted by Gasteiger charge is -2.25. The summed E-state index contributed by atoms with van der Waals surface area (Å²) in [5.74, 6) is 0.925. The summed E-state index contributed by atoms with van der Waals surface area (Å²) < 4.78 is 6.24. The van der Waals surface area contributed by atoms with Crippen LogP contribution in [0.15, 0.2) is 18.2 Å². The first-order valence-electron chi connectivity index (χ1n) is 8.30. The molecule has 0 heterocycles. The molecule has 0 aliphatic heterocycles. The lowest BCUT2D eigenvalue weighted by molar-refractivity contribution is 0.0311. The Bertz CT molecular complexity index is 447. The van der Waals surface area contributed by atoms with Crippen molar-refractivity contribution in [1.82, 2.24) is 5.32 Å². The van der Waals surface area contributed by atoms with Crippen LogP contribution in [-0.2, 0) is 0 Å². The molecule has 0 amide bonds. The molecule has 0 aromatic heterocycles. The fourth-order valence-corrected chi connectivity index (χ4v) is 3.07. The van der Waals surface area contributed by atoms with Crippen molar-refractivity contribution >= 4 is 0 Å². The van der Waals surface area contributed by atoms with E-state index in [2.05, 4.69) is 44.3 Å². The monoisotopic (exact) mass is 291 g/mol. The van der Waals surface area contributed by atoms with E-state index in [0.717, 1.165) is 38.0 Å². The van der Waals surface area contributed by atoms with E-state index in [1.54, 1.807) is 0 Å². The van der Waals surface area contributed by atoms with Gasteiger partial charge in [0.15, 0.2) is 0 Å². The summed E-state index contributed by atoms with van der Waals surface area (Å²) in [5.41, 5.74) is 2.37. The van der Waals surface area contributed by atoms with E-state index in [1.165, 1.54) is 17.5 Å². The number of rotatable bonds is 5. The SMILES string of the molecule is CCNC(C)c1ccc(C)cc1OC1CCCCCC1O. The summed E-state index contributed by atoms with van der Waals surface area (Å²) in [7, 11) is 0. The number of hydrogen-bond acceptors (Lipinski definition) is 3. The summed E-state index contributed by atoms with van der Waals surface area (Å²) in [4.78, 5) is 0. The van der Waals surface area contributed by atoms with Gasteiger partial charge in [0, 0.05) is 11.6 Å². The van der Waals surface area contributed by atoms with Gasteiger partial charge in [-0.15, -0.1) is 0 Å². The van der Waals surface area contributed by atoms with Crippen LogP contribution in [0.2, 0.25) is 0 Å². The Morgan fingerprint density at radius 3 is 2.81 bits per heavy atom. The van der Waals surface area contributed by atoms with E-state index in [1.807, 2.05) is 0 Å². The number of ether oxygens (including phenoxy) is 1. The minimum absolute atomic E-state index is 0.0677. The van der Waals surface area contributed by atoms with Gasteiger partial charge in [-0.25, -0.2) is 0 Å². The van der Waals surface area contributed by atoms with Crippen LogP contribution in [0.4, 0.5) is 0 Å². The van der Waals surface area contributed by atoms with Crippen molar-refractivity contribution in [1.29, 1.82) is 0 Å². The second-order valence-corrected chi connectivity index (χ2v) is 6.18. The predicted molar refractivity (Wildman–Crippen MR) is 86.8 cm³/mol. The molecule has 1 aliphatic carbocycles. The second kappa shape index (κ2) is 7.81. The minimum atomic E-state index is -0.338. The number of aliphatic hydroxyl groups is 1. The maximum atomic E-state index is 10.3. The molecule has 2 N–H and O–H groups in total. The molecule has 0 spiro atoms. The largest absolute Gasteiger partial charge is 0.487 e. The summed E-state index contributed by atoms with van der Waals surface area (Å²) in [5, 5.41) is 13.7. The van der Waals surface area contributed by atoms with Crippen LogP contribution < -0.4 is 10.1 Å².